The molecule has 0 aliphatic carbocycles. The molecule has 0 radical (unpaired) electrons. The highest BCUT2D eigenvalue weighted by Crippen LogP contribution is 2.25. The molecular formula is C25H25ClN2O4. The third kappa shape index (κ3) is 5.26. The van der Waals surface area contributed by atoms with Gasteiger partial charge in [0.25, 0.3) is 0 Å². The highest BCUT2D eigenvalue weighted by Gasteiger charge is 2.14. The van der Waals surface area contributed by atoms with Crippen molar-refractivity contribution in [1.82, 2.24) is 4.57 Å². The minimum absolute atomic E-state index is 0.0670. The number of hydrogen-bond acceptors (Lipinski definition) is 4. The molecule has 0 fully saturated rings. The van der Waals surface area contributed by atoms with Gasteiger partial charge in [0.15, 0.2) is 0 Å². The number of benzene rings is 2. The van der Waals surface area contributed by atoms with Crippen molar-refractivity contribution in [3.05, 3.63) is 81.6 Å². The predicted molar refractivity (Wildman–Crippen MR) is 126 cm³/mol. The first-order chi connectivity index (χ1) is 15.3. The lowest BCUT2D eigenvalue weighted by atomic mass is 10.2. The van der Waals surface area contributed by atoms with E-state index in [4.69, 9.17) is 16.3 Å². The molecule has 0 unspecified atom stereocenters. The summed E-state index contributed by atoms with van der Waals surface area (Å²) in [5.41, 5.74) is 4.89. The van der Waals surface area contributed by atoms with Crippen molar-refractivity contribution < 1.29 is 19.4 Å². The second kappa shape index (κ2) is 10.3. The Bertz CT molecular complexity index is 1160. The summed E-state index contributed by atoms with van der Waals surface area (Å²) >= 11 is 6.14. The van der Waals surface area contributed by atoms with Gasteiger partial charge < -0.3 is 14.4 Å². The standard InChI is InChI=1S/C25H25ClN2O4/c1-4-5-12-32-25(31)18-6-8-20(9-7-18)27-15-19-13-16(2)28(17(19)3)21-10-11-22(24(29)30)23(26)14-21/h6-11,13-15H,4-5,12H2,1-3H3,(H,29,30). The fraction of sp³-hybridized carbons (Fsp3) is 0.240. The van der Waals surface area contributed by atoms with Crippen molar-refractivity contribution in [2.75, 3.05) is 6.61 Å². The minimum atomic E-state index is -1.06. The number of carboxylic acid groups (broad SMARTS) is 1. The molecule has 0 bridgehead atoms. The number of nitrogens with zero attached hydrogens (tertiary/aromatic N) is 2. The number of aromatic nitrogens is 1. The summed E-state index contributed by atoms with van der Waals surface area (Å²) in [6, 6.07) is 13.8. The Labute approximate surface area is 192 Å². The van der Waals surface area contributed by atoms with E-state index < -0.39 is 5.97 Å². The van der Waals surface area contributed by atoms with E-state index in [-0.39, 0.29) is 16.6 Å². The molecule has 1 heterocycles. The van der Waals surface area contributed by atoms with E-state index in [1.165, 1.54) is 6.07 Å². The topological polar surface area (TPSA) is 80.9 Å². The van der Waals surface area contributed by atoms with Gasteiger partial charge in [-0.2, -0.15) is 0 Å². The van der Waals surface area contributed by atoms with Crippen LogP contribution in [0.25, 0.3) is 5.69 Å². The van der Waals surface area contributed by atoms with Gasteiger partial charge in [0.1, 0.15) is 0 Å². The van der Waals surface area contributed by atoms with Gasteiger partial charge in [-0.15, -0.1) is 0 Å². The van der Waals surface area contributed by atoms with E-state index in [9.17, 15) is 14.7 Å². The molecule has 0 amide bonds. The van der Waals surface area contributed by atoms with Crippen LogP contribution in [-0.4, -0.2) is 34.4 Å². The third-order valence-corrected chi connectivity index (χ3v) is 5.41. The fourth-order valence-corrected chi connectivity index (χ4v) is 3.61. The highest BCUT2D eigenvalue weighted by atomic mass is 35.5. The van der Waals surface area contributed by atoms with Crippen LogP contribution in [0.4, 0.5) is 5.69 Å². The Hall–Kier alpha value is -3.38. The highest BCUT2D eigenvalue weighted by molar-refractivity contribution is 6.33. The third-order valence-electron chi connectivity index (χ3n) is 5.10. The molecule has 0 spiro atoms. The van der Waals surface area contributed by atoms with Gasteiger partial charge in [-0.1, -0.05) is 24.9 Å². The lowest BCUT2D eigenvalue weighted by Crippen LogP contribution is -2.05. The first-order valence-electron chi connectivity index (χ1n) is 10.3. The van der Waals surface area contributed by atoms with Crippen LogP contribution < -0.4 is 0 Å². The van der Waals surface area contributed by atoms with Gasteiger partial charge in [-0.3, -0.25) is 4.99 Å². The van der Waals surface area contributed by atoms with Crippen molar-refractivity contribution >= 4 is 35.4 Å². The monoisotopic (exact) mass is 452 g/mol. The molecule has 1 aromatic heterocycles. The van der Waals surface area contributed by atoms with E-state index in [2.05, 4.69) is 4.99 Å². The maximum atomic E-state index is 12.0. The summed E-state index contributed by atoms with van der Waals surface area (Å²) in [4.78, 5) is 27.7. The molecule has 32 heavy (non-hydrogen) atoms. The molecular weight excluding hydrogens is 428 g/mol. The number of ether oxygens (including phenoxy) is 1. The average molecular weight is 453 g/mol. The van der Waals surface area contributed by atoms with Crippen LogP contribution in [0.15, 0.2) is 53.5 Å². The number of aryl methyl sites for hydroxylation is 1. The molecule has 0 atom stereocenters. The molecule has 0 saturated heterocycles. The lowest BCUT2D eigenvalue weighted by molar-refractivity contribution is 0.0499. The van der Waals surface area contributed by atoms with Gasteiger partial charge in [-0.25, -0.2) is 9.59 Å². The van der Waals surface area contributed by atoms with Gasteiger partial charge in [0.2, 0.25) is 0 Å². The molecule has 1 N–H and O–H groups in total. The number of hydrogen-bond donors (Lipinski definition) is 1. The van der Waals surface area contributed by atoms with Crippen LogP contribution in [0.3, 0.4) is 0 Å². The zero-order chi connectivity index (χ0) is 23.3. The minimum Gasteiger partial charge on any atom is -0.478 e. The van der Waals surface area contributed by atoms with Crippen LogP contribution in [0.1, 0.15) is 57.4 Å². The average Bonchev–Trinajstić information content (AvgIpc) is 3.05. The van der Waals surface area contributed by atoms with Crippen molar-refractivity contribution in [3.63, 3.8) is 0 Å². The van der Waals surface area contributed by atoms with Gasteiger partial charge >= 0.3 is 11.9 Å². The number of carboxylic acids is 1. The van der Waals surface area contributed by atoms with E-state index in [1.807, 2.05) is 31.4 Å². The van der Waals surface area contributed by atoms with Gasteiger partial charge in [0.05, 0.1) is 28.4 Å². The van der Waals surface area contributed by atoms with E-state index in [0.717, 1.165) is 35.5 Å². The zero-order valence-corrected chi connectivity index (χ0v) is 19.0. The first kappa shape index (κ1) is 23.3. The molecule has 0 aliphatic rings. The molecule has 2 aromatic carbocycles. The van der Waals surface area contributed by atoms with E-state index in [0.29, 0.717) is 17.9 Å². The number of unbranched alkanes of at least 4 members (excludes halogenated alkanes) is 1. The Morgan fingerprint density at radius 1 is 1.12 bits per heavy atom. The second-order valence-electron chi connectivity index (χ2n) is 7.43. The predicted octanol–water partition coefficient (Wildman–Crippen LogP) is 6.15. The summed E-state index contributed by atoms with van der Waals surface area (Å²) in [5, 5.41) is 9.37. The Balaban J connectivity index is 1.78. The quantitative estimate of drug-likeness (QED) is 0.252. The smallest absolute Gasteiger partial charge is 0.338 e. The molecule has 7 heteroatoms. The van der Waals surface area contributed by atoms with Crippen molar-refractivity contribution in [1.29, 1.82) is 0 Å². The summed E-state index contributed by atoms with van der Waals surface area (Å²) in [7, 11) is 0. The normalized spacial score (nSPS) is 11.1. The Kier molecular flexibility index (Phi) is 7.49. The molecule has 0 saturated carbocycles. The van der Waals surface area contributed by atoms with Crippen LogP contribution in [-0.2, 0) is 4.74 Å². The number of aromatic carboxylic acids is 1. The second-order valence-corrected chi connectivity index (χ2v) is 7.83. The number of aliphatic imine (C=N–C) groups is 1. The van der Waals surface area contributed by atoms with Crippen LogP contribution in [0.5, 0.6) is 0 Å². The Morgan fingerprint density at radius 3 is 2.47 bits per heavy atom. The SMILES string of the molecule is CCCCOC(=O)c1ccc(N=Cc2cc(C)n(-c3ccc(C(=O)O)c(Cl)c3)c2C)cc1. The number of carbonyl (C=O) groups excluding carboxylic acids is 1. The maximum Gasteiger partial charge on any atom is 0.338 e. The number of halogens is 1. The first-order valence-corrected chi connectivity index (χ1v) is 10.7. The van der Waals surface area contributed by atoms with Crippen LogP contribution in [0.2, 0.25) is 5.02 Å². The summed E-state index contributed by atoms with van der Waals surface area (Å²) in [6.45, 7) is 6.39. The largest absolute Gasteiger partial charge is 0.478 e. The van der Waals surface area contributed by atoms with E-state index in [1.54, 1.807) is 42.6 Å². The molecule has 3 rings (SSSR count). The van der Waals surface area contributed by atoms with E-state index >= 15 is 0 Å². The number of esters is 1. The molecule has 6 nitrogen and oxygen atoms in total. The van der Waals surface area contributed by atoms with Crippen LogP contribution >= 0.6 is 11.6 Å². The molecule has 166 valence electrons. The summed E-state index contributed by atoms with van der Waals surface area (Å²) in [6.07, 6.45) is 3.59. The number of carbonyl (C=O) groups is 2. The zero-order valence-electron chi connectivity index (χ0n) is 18.3. The van der Waals surface area contributed by atoms with Crippen molar-refractivity contribution in [2.45, 2.75) is 33.6 Å². The number of rotatable bonds is 8. The summed E-state index contributed by atoms with van der Waals surface area (Å²) in [5.74, 6) is -1.39. The molecule has 3 aromatic rings. The lowest BCUT2D eigenvalue weighted by Gasteiger charge is -2.11. The van der Waals surface area contributed by atoms with Gasteiger partial charge in [-0.05, 0) is 68.8 Å². The Morgan fingerprint density at radius 2 is 1.84 bits per heavy atom. The van der Waals surface area contributed by atoms with Crippen molar-refractivity contribution in [3.8, 4) is 5.69 Å². The summed E-state index contributed by atoms with van der Waals surface area (Å²) < 4.78 is 7.21. The maximum absolute atomic E-state index is 12.0. The van der Waals surface area contributed by atoms with Gasteiger partial charge in [0, 0.05) is 28.9 Å². The fourth-order valence-electron chi connectivity index (χ4n) is 3.35. The van der Waals surface area contributed by atoms with Crippen LogP contribution in [0, 0.1) is 13.8 Å². The van der Waals surface area contributed by atoms with Crippen molar-refractivity contribution in [2.24, 2.45) is 4.99 Å². The molecule has 0 aliphatic heterocycles.